The first-order valence-corrected chi connectivity index (χ1v) is 6.21. The van der Waals surface area contributed by atoms with Crippen LogP contribution < -0.4 is 10.1 Å². The van der Waals surface area contributed by atoms with Crippen molar-refractivity contribution < 1.29 is 27.3 Å². The molecule has 0 aromatic heterocycles. The van der Waals surface area contributed by atoms with Crippen LogP contribution in [-0.2, 0) is 19.7 Å². The molecular weight excluding hydrogens is 262 g/mol. The van der Waals surface area contributed by atoms with Gasteiger partial charge in [0.2, 0.25) is 5.91 Å². The SMILES string of the molecule is CC(=O)Nc1cc(S(=O)(=O)O)ccc1OC(C)=O. The summed E-state index contributed by atoms with van der Waals surface area (Å²) in [5, 5.41) is 2.30. The summed E-state index contributed by atoms with van der Waals surface area (Å²) in [4.78, 5) is 21.4. The van der Waals surface area contributed by atoms with Crippen molar-refractivity contribution in [2.45, 2.75) is 18.7 Å². The first-order valence-electron chi connectivity index (χ1n) is 4.77. The second-order valence-corrected chi connectivity index (χ2v) is 4.83. The molecule has 0 bridgehead atoms. The van der Waals surface area contributed by atoms with E-state index < -0.39 is 26.9 Å². The molecule has 0 unspecified atom stereocenters. The lowest BCUT2D eigenvalue weighted by Crippen LogP contribution is -2.11. The highest BCUT2D eigenvalue weighted by Crippen LogP contribution is 2.27. The number of hydrogen-bond donors (Lipinski definition) is 2. The van der Waals surface area contributed by atoms with Gasteiger partial charge in [0.25, 0.3) is 10.1 Å². The molecule has 0 fully saturated rings. The number of rotatable bonds is 3. The van der Waals surface area contributed by atoms with E-state index in [0.717, 1.165) is 25.1 Å². The van der Waals surface area contributed by atoms with Crippen LogP contribution in [0.2, 0.25) is 0 Å². The van der Waals surface area contributed by atoms with Crippen molar-refractivity contribution in [2.24, 2.45) is 0 Å². The predicted molar refractivity (Wildman–Crippen MR) is 61.9 cm³/mol. The molecule has 0 atom stereocenters. The molecule has 0 aliphatic heterocycles. The third-order valence-corrected chi connectivity index (χ3v) is 2.66. The van der Waals surface area contributed by atoms with Crippen molar-refractivity contribution in [1.29, 1.82) is 0 Å². The molecular formula is C10H11NO6S. The number of anilines is 1. The zero-order chi connectivity index (χ0) is 13.9. The maximum Gasteiger partial charge on any atom is 0.308 e. The number of carbonyl (C=O) groups excluding carboxylic acids is 2. The van der Waals surface area contributed by atoms with Crippen molar-refractivity contribution in [1.82, 2.24) is 0 Å². The van der Waals surface area contributed by atoms with Gasteiger partial charge in [0.15, 0.2) is 5.75 Å². The number of carbonyl (C=O) groups is 2. The molecule has 0 heterocycles. The molecule has 0 radical (unpaired) electrons. The highest BCUT2D eigenvalue weighted by atomic mass is 32.2. The zero-order valence-electron chi connectivity index (χ0n) is 9.63. The number of hydrogen-bond acceptors (Lipinski definition) is 5. The Morgan fingerprint density at radius 1 is 1.28 bits per heavy atom. The lowest BCUT2D eigenvalue weighted by Gasteiger charge is -2.10. The van der Waals surface area contributed by atoms with Gasteiger partial charge in [0, 0.05) is 13.8 Å². The van der Waals surface area contributed by atoms with E-state index in [4.69, 9.17) is 9.29 Å². The fourth-order valence-corrected chi connectivity index (χ4v) is 1.71. The summed E-state index contributed by atoms with van der Waals surface area (Å²) in [5.41, 5.74) is -0.0205. The molecule has 7 nitrogen and oxygen atoms in total. The number of amides is 1. The first-order chi connectivity index (χ1) is 8.20. The van der Waals surface area contributed by atoms with E-state index >= 15 is 0 Å². The third-order valence-electron chi connectivity index (χ3n) is 1.81. The van der Waals surface area contributed by atoms with Crippen LogP contribution >= 0.6 is 0 Å². The van der Waals surface area contributed by atoms with Crippen molar-refractivity contribution in [3.05, 3.63) is 18.2 Å². The standard InChI is InChI=1S/C10H11NO6S/c1-6(12)11-9-5-8(18(14,15)16)3-4-10(9)17-7(2)13/h3-5H,1-2H3,(H,11,12)(H,14,15,16). The van der Waals surface area contributed by atoms with Crippen molar-refractivity contribution in [3.8, 4) is 5.75 Å². The minimum atomic E-state index is -4.40. The molecule has 18 heavy (non-hydrogen) atoms. The van der Waals surface area contributed by atoms with E-state index in [2.05, 4.69) is 5.32 Å². The van der Waals surface area contributed by atoms with E-state index in [0.29, 0.717) is 0 Å². The van der Waals surface area contributed by atoms with Gasteiger partial charge in [-0.15, -0.1) is 0 Å². The number of esters is 1. The summed E-state index contributed by atoms with van der Waals surface area (Å²) < 4.78 is 35.5. The average molecular weight is 273 g/mol. The van der Waals surface area contributed by atoms with Gasteiger partial charge in [-0.25, -0.2) is 0 Å². The predicted octanol–water partition coefficient (Wildman–Crippen LogP) is 0.817. The molecule has 0 aliphatic carbocycles. The van der Waals surface area contributed by atoms with Crippen LogP contribution in [-0.4, -0.2) is 24.8 Å². The summed E-state index contributed by atoms with van der Waals surface area (Å²) in [6.07, 6.45) is 0. The van der Waals surface area contributed by atoms with Crippen molar-refractivity contribution >= 4 is 27.7 Å². The van der Waals surface area contributed by atoms with E-state index in [1.54, 1.807) is 0 Å². The van der Waals surface area contributed by atoms with E-state index in [9.17, 15) is 18.0 Å². The minimum Gasteiger partial charge on any atom is -0.424 e. The highest BCUT2D eigenvalue weighted by Gasteiger charge is 2.15. The van der Waals surface area contributed by atoms with Gasteiger partial charge in [0.1, 0.15) is 0 Å². The van der Waals surface area contributed by atoms with Crippen molar-refractivity contribution in [3.63, 3.8) is 0 Å². The first kappa shape index (κ1) is 14.1. The summed E-state index contributed by atoms with van der Waals surface area (Å²) >= 11 is 0. The van der Waals surface area contributed by atoms with Crippen LogP contribution in [0.5, 0.6) is 5.75 Å². The van der Waals surface area contributed by atoms with Crippen LogP contribution in [0.3, 0.4) is 0 Å². The fraction of sp³-hybridized carbons (Fsp3) is 0.200. The minimum absolute atomic E-state index is 0.00917. The maximum absolute atomic E-state index is 10.9. The molecule has 1 aromatic rings. The molecule has 1 amide bonds. The number of benzene rings is 1. The molecule has 8 heteroatoms. The normalized spacial score (nSPS) is 10.8. The summed E-state index contributed by atoms with van der Waals surface area (Å²) in [6, 6.07) is 3.21. The largest absolute Gasteiger partial charge is 0.424 e. The van der Waals surface area contributed by atoms with Gasteiger partial charge < -0.3 is 10.1 Å². The fourth-order valence-electron chi connectivity index (χ4n) is 1.20. The van der Waals surface area contributed by atoms with E-state index in [-0.39, 0.29) is 11.4 Å². The van der Waals surface area contributed by atoms with Crippen LogP contribution in [0, 0.1) is 0 Å². The second-order valence-electron chi connectivity index (χ2n) is 3.41. The Balaban J connectivity index is 3.28. The third kappa shape index (κ3) is 3.82. The Kier molecular flexibility index (Phi) is 4.04. The van der Waals surface area contributed by atoms with Gasteiger partial charge >= 0.3 is 5.97 Å². The molecule has 0 spiro atoms. The quantitative estimate of drug-likeness (QED) is 0.479. The van der Waals surface area contributed by atoms with Crippen LogP contribution in [0.1, 0.15) is 13.8 Å². The topological polar surface area (TPSA) is 110 Å². The lowest BCUT2D eigenvalue weighted by atomic mass is 10.3. The van der Waals surface area contributed by atoms with Crippen LogP contribution in [0.15, 0.2) is 23.1 Å². The Morgan fingerprint density at radius 2 is 1.89 bits per heavy atom. The monoisotopic (exact) mass is 273 g/mol. The molecule has 0 saturated carbocycles. The van der Waals surface area contributed by atoms with Gasteiger partial charge in [-0.2, -0.15) is 8.42 Å². The van der Waals surface area contributed by atoms with Crippen molar-refractivity contribution in [2.75, 3.05) is 5.32 Å². The van der Waals surface area contributed by atoms with E-state index in [1.165, 1.54) is 6.92 Å². The molecule has 1 aromatic carbocycles. The molecule has 1 rings (SSSR count). The van der Waals surface area contributed by atoms with Gasteiger partial charge in [0.05, 0.1) is 10.6 Å². The summed E-state index contributed by atoms with van der Waals surface area (Å²) in [6.45, 7) is 2.37. The Labute approximate surface area is 104 Å². The Bertz CT molecular complexity index is 592. The molecule has 98 valence electrons. The zero-order valence-corrected chi connectivity index (χ0v) is 10.4. The average Bonchev–Trinajstić information content (AvgIpc) is 2.17. The molecule has 0 aliphatic rings. The summed E-state index contributed by atoms with van der Waals surface area (Å²) in [7, 11) is -4.40. The van der Waals surface area contributed by atoms with Gasteiger partial charge in [-0.1, -0.05) is 0 Å². The number of ether oxygens (including phenoxy) is 1. The summed E-state index contributed by atoms with van der Waals surface area (Å²) in [5.74, 6) is -1.11. The Morgan fingerprint density at radius 3 is 2.33 bits per heavy atom. The molecule has 0 saturated heterocycles. The maximum atomic E-state index is 10.9. The Hall–Kier alpha value is -1.93. The smallest absolute Gasteiger partial charge is 0.308 e. The van der Waals surface area contributed by atoms with Gasteiger partial charge in [-0.3, -0.25) is 14.1 Å². The van der Waals surface area contributed by atoms with Gasteiger partial charge in [-0.05, 0) is 18.2 Å². The van der Waals surface area contributed by atoms with Crippen LogP contribution in [0.4, 0.5) is 5.69 Å². The lowest BCUT2D eigenvalue weighted by molar-refractivity contribution is -0.131. The van der Waals surface area contributed by atoms with E-state index in [1.807, 2.05) is 0 Å². The molecule has 2 N–H and O–H groups in total. The second kappa shape index (κ2) is 5.15. The number of nitrogens with one attached hydrogen (secondary N) is 1. The van der Waals surface area contributed by atoms with Crippen LogP contribution in [0.25, 0.3) is 0 Å². The highest BCUT2D eigenvalue weighted by molar-refractivity contribution is 7.85.